The summed E-state index contributed by atoms with van der Waals surface area (Å²) in [5.74, 6) is 0. The quantitative estimate of drug-likeness (QED) is 0.218. The number of anilines is 3. The van der Waals surface area contributed by atoms with Gasteiger partial charge in [-0.25, -0.2) is 0 Å². The molecule has 0 atom stereocenters. The summed E-state index contributed by atoms with van der Waals surface area (Å²) < 4.78 is 12.8. The molecule has 0 aliphatic heterocycles. The Hall–Kier alpha value is -5.80. The van der Waals surface area contributed by atoms with Crippen LogP contribution in [0, 0.1) is 0 Å². The van der Waals surface area contributed by atoms with E-state index in [1.54, 1.807) is 0 Å². The minimum Gasteiger partial charge on any atom is -0.456 e. The molecular formula is C40H25NO2. The number of rotatable bonds is 4. The number of fused-ring (bicyclic) bond motifs is 8. The summed E-state index contributed by atoms with van der Waals surface area (Å²) >= 11 is 0. The Morgan fingerprint density at radius 3 is 1.98 bits per heavy atom. The maximum Gasteiger partial charge on any atom is 0.143 e. The van der Waals surface area contributed by atoms with Crippen LogP contribution in [0.5, 0.6) is 0 Å². The zero-order valence-electron chi connectivity index (χ0n) is 23.2. The van der Waals surface area contributed by atoms with E-state index in [0.717, 1.165) is 66.3 Å². The van der Waals surface area contributed by atoms with E-state index in [2.05, 4.69) is 144 Å². The average Bonchev–Trinajstić information content (AvgIpc) is 3.65. The van der Waals surface area contributed by atoms with Gasteiger partial charge in [-0.2, -0.15) is 0 Å². The minimum absolute atomic E-state index is 0.865. The van der Waals surface area contributed by atoms with Crippen LogP contribution in [0.3, 0.4) is 0 Å². The monoisotopic (exact) mass is 551 g/mol. The van der Waals surface area contributed by atoms with Crippen LogP contribution >= 0.6 is 0 Å². The molecule has 0 radical (unpaired) electrons. The van der Waals surface area contributed by atoms with Crippen molar-refractivity contribution in [2.24, 2.45) is 0 Å². The maximum absolute atomic E-state index is 6.58. The molecule has 43 heavy (non-hydrogen) atoms. The second-order valence-electron chi connectivity index (χ2n) is 10.9. The van der Waals surface area contributed by atoms with Crippen LogP contribution in [0.25, 0.3) is 65.8 Å². The zero-order valence-corrected chi connectivity index (χ0v) is 23.2. The Morgan fingerprint density at radius 2 is 1.09 bits per heavy atom. The van der Waals surface area contributed by atoms with Gasteiger partial charge in [-0.05, 0) is 71.1 Å². The van der Waals surface area contributed by atoms with Crippen LogP contribution in [-0.2, 0) is 0 Å². The fourth-order valence-corrected chi connectivity index (χ4v) is 6.44. The lowest BCUT2D eigenvalue weighted by Gasteiger charge is -2.26. The highest BCUT2D eigenvalue weighted by molar-refractivity contribution is 6.19. The number of nitrogens with zero attached hydrogens (tertiary/aromatic N) is 1. The van der Waals surface area contributed by atoms with Gasteiger partial charge in [0.25, 0.3) is 0 Å². The molecule has 2 heterocycles. The Labute approximate surface area is 247 Å². The Morgan fingerprint density at radius 1 is 0.395 bits per heavy atom. The summed E-state index contributed by atoms with van der Waals surface area (Å²) in [4.78, 5) is 2.34. The molecule has 3 nitrogen and oxygen atoms in total. The second kappa shape index (κ2) is 9.37. The van der Waals surface area contributed by atoms with Crippen molar-refractivity contribution in [3.05, 3.63) is 152 Å². The predicted octanol–water partition coefficient (Wildman–Crippen LogP) is 11.8. The van der Waals surface area contributed by atoms with Crippen LogP contribution in [0.2, 0.25) is 0 Å². The van der Waals surface area contributed by atoms with Crippen LogP contribution in [0.1, 0.15) is 0 Å². The highest BCUT2D eigenvalue weighted by atomic mass is 16.3. The van der Waals surface area contributed by atoms with Crippen molar-refractivity contribution in [1.29, 1.82) is 0 Å². The summed E-state index contributed by atoms with van der Waals surface area (Å²) in [6, 6.07) is 53.1. The highest BCUT2D eigenvalue weighted by Crippen LogP contribution is 2.45. The van der Waals surface area contributed by atoms with Crippen LogP contribution in [-0.4, -0.2) is 0 Å². The summed E-state index contributed by atoms with van der Waals surface area (Å²) in [5.41, 5.74) is 9.10. The molecule has 0 amide bonds. The van der Waals surface area contributed by atoms with Gasteiger partial charge in [0, 0.05) is 32.9 Å². The van der Waals surface area contributed by atoms with Gasteiger partial charge in [-0.3, -0.25) is 0 Å². The number of hydrogen-bond acceptors (Lipinski definition) is 3. The molecule has 3 heteroatoms. The first-order valence-electron chi connectivity index (χ1n) is 14.5. The summed E-state index contributed by atoms with van der Waals surface area (Å²) in [5, 5.41) is 6.68. The summed E-state index contributed by atoms with van der Waals surface area (Å²) in [6.45, 7) is 0. The SMILES string of the molecule is c1ccc(-c2ccc(N(c3ccc4oc5ccccc5c4c3)c3cccc4oc5c6ccccc6ccc5c34)cc2)cc1. The molecule has 0 saturated carbocycles. The van der Waals surface area contributed by atoms with Gasteiger partial charge in [-0.1, -0.05) is 97.1 Å². The normalized spacial score (nSPS) is 11.7. The Balaban J connectivity index is 1.31. The molecule has 0 bridgehead atoms. The topological polar surface area (TPSA) is 29.5 Å². The van der Waals surface area contributed by atoms with Crippen LogP contribution in [0.15, 0.2) is 160 Å². The summed E-state index contributed by atoms with van der Waals surface area (Å²) in [7, 11) is 0. The lowest BCUT2D eigenvalue weighted by Crippen LogP contribution is -2.10. The number of hydrogen-bond donors (Lipinski definition) is 0. The molecule has 0 aliphatic carbocycles. The van der Waals surface area contributed by atoms with Crippen molar-refractivity contribution in [3.63, 3.8) is 0 Å². The fourth-order valence-electron chi connectivity index (χ4n) is 6.44. The van der Waals surface area contributed by atoms with Crippen molar-refractivity contribution in [1.82, 2.24) is 0 Å². The summed E-state index contributed by atoms with van der Waals surface area (Å²) in [6.07, 6.45) is 0. The van der Waals surface area contributed by atoms with E-state index in [-0.39, 0.29) is 0 Å². The molecule has 0 aliphatic rings. The van der Waals surface area contributed by atoms with Crippen molar-refractivity contribution < 1.29 is 8.83 Å². The fraction of sp³-hybridized carbons (Fsp3) is 0. The first-order chi connectivity index (χ1) is 21.3. The van der Waals surface area contributed by atoms with Gasteiger partial charge in [0.05, 0.1) is 11.1 Å². The van der Waals surface area contributed by atoms with E-state index < -0.39 is 0 Å². The first kappa shape index (κ1) is 23.9. The standard InChI is InChI=1S/C40H25NO2/c1-2-9-26(10-3-1)27-17-20-29(21-18-27)41(30-22-24-37-34(25-30)32-13-6-7-15-36(32)42-37)35-14-8-16-38-39(35)33-23-19-28-11-4-5-12-31(28)40(33)43-38/h1-25H. The van der Waals surface area contributed by atoms with Gasteiger partial charge in [-0.15, -0.1) is 0 Å². The second-order valence-corrected chi connectivity index (χ2v) is 10.9. The van der Waals surface area contributed by atoms with E-state index in [1.165, 1.54) is 16.5 Å². The third-order valence-corrected chi connectivity index (χ3v) is 8.46. The van der Waals surface area contributed by atoms with Gasteiger partial charge in [0.1, 0.15) is 22.3 Å². The van der Waals surface area contributed by atoms with E-state index in [4.69, 9.17) is 8.83 Å². The average molecular weight is 552 g/mol. The zero-order chi connectivity index (χ0) is 28.3. The minimum atomic E-state index is 0.865. The smallest absolute Gasteiger partial charge is 0.143 e. The van der Waals surface area contributed by atoms with E-state index >= 15 is 0 Å². The van der Waals surface area contributed by atoms with Crippen LogP contribution in [0.4, 0.5) is 17.1 Å². The number of benzene rings is 7. The molecule has 0 N–H and O–H groups in total. The molecule has 7 aromatic carbocycles. The third-order valence-electron chi connectivity index (χ3n) is 8.46. The maximum atomic E-state index is 6.58. The molecule has 9 rings (SSSR count). The van der Waals surface area contributed by atoms with Gasteiger partial charge >= 0.3 is 0 Å². The first-order valence-corrected chi connectivity index (χ1v) is 14.5. The van der Waals surface area contributed by atoms with Crippen molar-refractivity contribution in [3.8, 4) is 11.1 Å². The van der Waals surface area contributed by atoms with Crippen LogP contribution < -0.4 is 4.90 Å². The van der Waals surface area contributed by atoms with E-state index in [0.29, 0.717) is 0 Å². The molecule has 0 unspecified atom stereocenters. The van der Waals surface area contributed by atoms with E-state index in [1.807, 2.05) is 12.1 Å². The largest absolute Gasteiger partial charge is 0.456 e. The van der Waals surface area contributed by atoms with Crippen molar-refractivity contribution >= 4 is 71.7 Å². The van der Waals surface area contributed by atoms with E-state index in [9.17, 15) is 0 Å². The Bertz CT molecular complexity index is 2450. The lowest BCUT2D eigenvalue weighted by molar-refractivity contribution is 0.669. The number of furan rings is 2. The van der Waals surface area contributed by atoms with Gasteiger partial charge in [0.15, 0.2) is 0 Å². The van der Waals surface area contributed by atoms with Crippen molar-refractivity contribution in [2.45, 2.75) is 0 Å². The highest BCUT2D eigenvalue weighted by Gasteiger charge is 2.21. The molecular weight excluding hydrogens is 526 g/mol. The Kier molecular flexibility index (Phi) is 5.20. The molecule has 2 aromatic heterocycles. The molecule has 0 spiro atoms. The van der Waals surface area contributed by atoms with Gasteiger partial charge in [0.2, 0.25) is 0 Å². The molecule has 202 valence electrons. The number of para-hydroxylation sites is 1. The van der Waals surface area contributed by atoms with Gasteiger partial charge < -0.3 is 13.7 Å². The molecule has 0 saturated heterocycles. The molecule has 9 aromatic rings. The molecule has 0 fully saturated rings. The van der Waals surface area contributed by atoms with Crippen molar-refractivity contribution in [2.75, 3.05) is 4.90 Å². The third kappa shape index (κ3) is 3.75. The lowest BCUT2D eigenvalue weighted by atomic mass is 10.0. The predicted molar refractivity (Wildman–Crippen MR) is 179 cm³/mol.